The van der Waals surface area contributed by atoms with Crippen LogP contribution in [0.15, 0.2) is 24.3 Å². The molecule has 1 aliphatic heterocycles. The Labute approximate surface area is 161 Å². The van der Waals surface area contributed by atoms with Gasteiger partial charge < -0.3 is 20.3 Å². The Balaban J connectivity index is 1.54. The molecular weight excluding hydrogens is 342 g/mol. The number of carbonyl (C=O) groups is 2. The fourth-order valence-corrected chi connectivity index (χ4v) is 3.82. The smallest absolute Gasteiger partial charge is 0.256 e. The second-order valence-corrected chi connectivity index (χ2v) is 7.41. The van der Waals surface area contributed by atoms with Gasteiger partial charge in [-0.3, -0.25) is 9.59 Å². The van der Waals surface area contributed by atoms with Gasteiger partial charge in [0.1, 0.15) is 0 Å². The second kappa shape index (κ2) is 10.3. The van der Waals surface area contributed by atoms with Crippen LogP contribution in [0.5, 0.6) is 0 Å². The van der Waals surface area contributed by atoms with Crippen molar-refractivity contribution in [3.63, 3.8) is 0 Å². The summed E-state index contributed by atoms with van der Waals surface area (Å²) in [6, 6.07) is 7.69. The van der Waals surface area contributed by atoms with E-state index in [0.29, 0.717) is 37.6 Å². The molecule has 0 unspecified atom stereocenters. The number of ether oxygens (including phenoxy) is 1. The summed E-state index contributed by atoms with van der Waals surface area (Å²) in [6.07, 6.45) is 8.36. The van der Waals surface area contributed by atoms with Crippen molar-refractivity contribution in [2.24, 2.45) is 0 Å². The largest absolute Gasteiger partial charge is 0.378 e. The summed E-state index contributed by atoms with van der Waals surface area (Å²) >= 11 is 0. The molecule has 6 nitrogen and oxygen atoms in total. The van der Waals surface area contributed by atoms with Crippen molar-refractivity contribution >= 4 is 17.5 Å². The molecule has 2 aliphatic rings. The topological polar surface area (TPSA) is 70.7 Å². The Hall–Kier alpha value is -2.08. The Morgan fingerprint density at radius 1 is 1.00 bits per heavy atom. The molecule has 3 rings (SSSR count). The standard InChI is InChI=1S/C21H31N3O3/c25-20(23-17-8-4-2-1-3-5-9-17)16-22-19-11-7-6-10-18(19)21(26)24-12-14-27-15-13-24/h6-7,10-11,17,22H,1-5,8-9,12-16H2,(H,23,25). The minimum absolute atomic E-state index is 0.00537. The maximum absolute atomic E-state index is 12.8. The van der Waals surface area contributed by atoms with Crippen LogP contribution in [0.1, 0.15) is 55.3 Å². The van der Waals surface area contributed by atoms with E-state index in [2.05, 4.69) is 10.6 Å². The van der Waals surface area contributed by atoms with Gasteiger partial charge in [0.2, 0.25) is 5.91 Å². The highest BCUT2D eigenvalue weighted by atomic mass is 16.5. The van der Waals surface area contributed by atoms with E-state index in [4.69, 9.17) is 4.74 Å². The lowest BCUT2D eigenvalue weighted by atomic mass is 9.97. The number of anilines is 1. The molecule has 2 N–H and O–H groups in total. The summed E-state index contributed by atoms with van der Waals surface area (Å²) in [5, 5.41) is 6.32. The number of morpholine rings is 1. The maximum Gasteiger partial charge on any atom is 0.256 e. The molecule has 0 aromatic heterocycles. The van der Waals surface area contributed by atoms with Crippen molar-refractivity contribution in [2.45, 2.75) is 51.0 Å². The normalized spacial score (nSPS) is 19.0. The Morgan fingerprint density at radius 2 is 1.67 bits per heavy atom. The van der Waals surface area contributed by atoms with Crippen molar-refractivity contribution in [3.8, 4) is 0 Å². The first-order valence-electron chi connectivity index (χ1n) is 10.2. The average molecular weight is 373 g/mol. The van der Waals surface area contributed by atoms with Gasteiger partial charge in [-0.25, -0.2) is 0 Å². The van der Waals surface area contributed by atoms with Gasteiger partial charge in [0, 0.05) is 24.8 Å². The van der Waals surface area contributed by atoms with Crippen LogP contribution in [0, 0.1) is 0 Å². The molecule has 1 aromatic carbocycles. The fourth-order valence-electron chi connectivity index (χ4n) is 3.82. The Bertz CT molecular complexity index is 621. The minimum atomic E-state index is -0.0122. The molecule has 1 aliphatic carbocycles. The van der Waals surface area contributed by atoms with E-state index in [9.17, 15) is 9.59 Å². The SMILES string of the molecule is O=C(CNc1ccccc1C(=O)N1CCOCC1)NC1CCCCCCC1. The van der Waals surface area contributed by atoms with Crippen LogP contribution in [0.4, 0.5) is 5.69 Å². The number of nitrogens with one attached hydrogen (secondary N) is 2. The molecule has 148 valence electrons. The van der Waals surface area contributed by atoms with Gasteiger partial charge in [0.15, 0.2) is 0 Å². The van der Waals surface area contributed by atoms with Gasteiger partial charge in [-0.1, -0.05) is 44.2 Å². The number of rotatable bonds is 5. The third-order valence-corrected chi connectivity index (χ3v) is 5.37. The summed E-state index contributed by atoms with van der Waals surface area (Å²) in [4.78, 5) is 27.0. The first-order valence-corrected chi connectivity index (χ1v) is 10.2. The van der Waals surface area contributed by atoms with Gasteiger partial charge in [-0.15, -0.1) is 0 Å². The summed E-state index contributed by atoms with van der Waals surface area (Å²) in [5.74, 6) is -0.0176. The zero-order valence-electron chi connectivity index (χ0n) is 16.0. The lowest BCUT2D eigenvalue weighted by molar-refractivity contribution is -0.120. The second-order valence-electron chi connectivity index (χ2n) is 7.41. The van der Waals surface area contributed by atoms with Crippen LogP contribution in [0.25, 0.3) is 0 Å². The number of carbonyl (C=O) groups excluding carboxylic acids is 2. The molecule has 0 atom stereocenters. The first kappa shape index (κ1) is 19.7. The van der Waals surface area contributed by atoms with Gasteiger partial charge in [0.05, 0.1) is 25.3 Å². The third-order valence-electron chi connectivity index (χ3n) is 5.37. The van der Waals surface area contributed by atoms with E-state index >= 15 is 0 Å². The number of benzene rings is 1. The molecule has 0 spiro atoms. The molecule has 1 saturated carbocycles. The molecule has 6 heteroatoms. The molecule has 27 heavy (non-hydrogen) atoms. The molecule has 2 fully saturated rings. The summed E-state index contributed by atoms with van der Waals surface area (Å²) < 4.78 is 5.32. The fraction of sp³-hybridized carbons (Fsp3) is 0.619. The quantitative estimate of drug-likeness (QED) is 0.833. The van der Waals surface area contributed by atoms with Crippen LogP contribution < -0.4 is 10.6 Å². The zero-order valence-corrected chi connectivity index (χ0v) is 16.0. The van der Waals surface area contributed by atoms with E-state index in [-0.39, 0.29) is 24.4 Å². The molecular formula is C21H31N3O3. The summed E-state index contributed by atoms with van der Waals surface area (Å²) in [7, 11) is 0. The van der Waals surface area contributed by atoms with Crippen LogP contribution in [0.3, 0.4) is 0 Å². The van der Waals surface area contributed by atoms with E-state index in [1.165, 1.54) is 32.1 Å². The van der Waals surface area contributed by atoms with Gasteiger partial charge in [0.25, 0.3) is 5.91 Å². The predicted molar refractivity (Wildman–Crippen MR) is 106 cm³/mol. The van der Waals surface area contributed by atoms with Crippen LogP contribution >= 0.6 is 0 Å². The van der Waals surface area contributed by atoms with Gasteiger partial charge >= 0.3 is 0 Å². The van der Waals surface area contributed by atoms with Crippen molar-refractivity contribution in [1.29, 1.82) is 0 Å². The highest BCUT2D eigenvalue weighted by Gasteiger charge is 2.21. The van der Waals surface area contributed by atoms with E-state index < -0.39 is 0 Å². The number of hydrogen-bond donors (Lipinski definition) is 2. The highest BCUT2D eigenvalue weighted by Crippen LogP contribution is 2.19. The van der Waals surface area contributed by atoms with Crippen molar-refractivity contribution in [2.75, 3.05) is 38.2 Å². The van der Waals surface area contributed by atoms with E-state index in [1.807, 2.05) is 24.3 Å². The molecule has 1 aromatic rings. The third kappa shape index (κ3) is 5.96. The van der Waals surface area contributed by atoms with Crippen LogP contribution in [0.2, 0.25) is 0 Å². The lowest BCUT2D eigenvalue weighted by Gasteiger charge is -2.27. The van der Waals surface area contributed by atoms with Crippen LogP contribution in [-0.4, -0.2) is 55.6 Å². The number of para-hydroxylation sites is 1. The lowest BCUT2D eigenvalue weighted by Crippen LogP contribution is -2.41. The number of hydrogen-bond acceptors (Lipinski definition) is 4. The minimum Gasteiger partial charge on any atom is -0.378 e. The van der Waals surface area contributed by atoms with E-state index in [1.54, 1.807) is 4.90 Å². The van der Waals surface area contributed by atoms with Crippen molar-refractivity contribution < 1.29 is 14.3 Å². The summed E-state index contributed by atoms with van der Waals surface area (Å²) in [5.41, 5.74) is 1.32. The first-order chi connectivity index (χ1) is 13.2. The Kier molecular flexibility index (Phi) is 7.51. The zero-order chi connectivity index (χ0) is 18.9. The molecule has 1 saturated heterocycles. The Morgan fingerprint density at radius 3 is 2.41 bits per heavy atom. The molecule has 0 bridgehead atoms. The molecule has 2 amide bonds. The summed E-state index contributed by atoms with van der Waals surface area (Å²) in [6.45, 7) is 2.55. The molecule has 1 heterocycles. The van der Waals surface area contributed by atoms with Gasteiger partial charge in [-0.2, -0.15) is 0 Å². The number of amides is 2. The van der Waals surface area contributed by atoms with E-state index in [0.717, 1.165) is 12.8 Å². The predicted octanol–water partition coefficient (Wildman–Crippen LogP) is 2.80. The van der Waals surface area contributed by atoms with Crippen molar-refractivity contribution in [3.05, 3.63) is 29.8 Å². The monoisotopic (exact) mass is 373 g/mol. The highest BCUT2D eigenvalue weighted by molar-refractivity contribution is 6.00. The number of nitrogens with zero attached hydrogens (tertiary/aromatic N) is 1. The average Bonchev–Trinajstić information content (AvgIpc) is 2.69. The van der Waals surface area contributed by atoms with Crippen LogP contribution in [-0.2, 0) is 9.53 Å². The van der Waals surface area contributed by atoms with Crippen molar-refractivity contribution in [1.82, 2.24) is 10.2 Å². The maximum atomic E-state index is 12.8. The van der Waals surface area contributed by atoms with Gasteiger partial charge in [-0.05, 0) is 25.0 Å². The molecule has 0 radical (unpaired) electrons.